The molecule has 2 fully saturated rings. The molecule has 1 N–H and O–H groups in total. The van der Waals surface area contributed by atoms with Crippen LogP contribution in [0.4, 0.5) is 0 Å². The van der Waals surface area contributed by atoms with E-state index < -0.39 is 23.8 Å². The fourth-order valence-corrected chi connectivity index (χ4v) is 3.49. The van der Waals surface area contributed by atoms with Crippen LogP contribution in [0.15, 0.2) is 30.3 Å². The Balaban J connectivity index is 2.02. The topological polar surface area (TPSA) is 75.7 Å². The molecule has 2 saturated heterocycles. The molecule has 2 amide bonds. The molecule has 0 radical (unpaired) electrons. The summed E-state index contributed by atoms with van der Waals surface area (Å²) in [4.78, 5) is 38.3. The van der Waals surface area contributed by atoms with Crippen LogP contribution in [0.5, 0.6) is 0 Å². The fraction of sp³-hybridized carbons (Fsp3) is 0.438. The number of nitrogens with one attached hydrogen (secondary N) is 1. The zero-order valence-corrected chi connectivity index (χ0v) is 12.5. The first-order valence-corrected chi connectivity index (χ1v) is 7.34. The third-order valence-corrected chi connectivity index (χ3v) is 4.50. The van der Waals surface area contributed by atoms with Crippen molar-refractivity contribution in [3.05, 3.63) is 35.9 Å². The normalized spacial score (nSPS) is 30.5. The average molecular weight is 302 g/mol. The van der Waals surface area contributed by atoms with Crippen molar-refractivity contribution < 1.29 is 19.1 Å². The zero-order valence-electron chi connectivity index (χ0n) is 12.5. The van der Waals surface area contributed by atoms with E-state index in [-0.39, 0.29) is 17.9 Å². The molecule has 2 aliphatic heterocycles. The molecule has 4 atom stereocenters. The Labute approximate surface area is 128 Å². The molecule has 6 heteroatoms. The number of esters is 1. The minimum atomic E-state index is -0.784. The number of nitrogens with zero attached hydrogens (tertiary/aromatic N) is 1. The Morgan fingerprint density at radius 1 is 1.18 bits per heavy atom. The van der Waals surface area contributed by atoms with Gasteiger partial charge in [-0.05, 0) is 12.5 Å². The van der Waals surface area contributed by atoms with Gasteiger partial charge >= 0.3 is 5.97 Å². The first-order valence-electron chi connectivity index (χ1n) is 7.34. The van der Waals surface area contributed by atoms with Crippen molar-refractivity contribution in [3.8, 4) is 0 Å². The van der Waals surface area contributed by atoms with E-state index in [9.17, 15) is 14.4 Å². The number of carbonyl (C=O) groups is 3. The SMILES string of the molecule is CCN1C(=O)[C@@H]2[C@H](C1=O)[C@H](c1ccccc1)N[C@@H]2C(=O)OC. The lowest BCUT2D eigenvalue weighted by atomic mass is 9.86. The summed E-state index contributed by atoms with van der Waals surface area (Å²) in [5.74, 6) is -2.26. The predicted molar refractivity (Wildman–Crippen MR) is 77.5 cm³/mol. The Morgan fingerprint density at radius 2 is 1.82 bits per heavy atom. The molecule has 0 spiro atoms. The van der Waals surface area contributed by atoms with Crippen molar-refractivity contribution in [2.75, 3.05) is 13.7 Å². The summed E-state index contributed by atoms with van der Waals surface area (Å²) >= 11 is 0. The smallest absolute Gasteiger partial charge is 0.323 e. The first kappa shape index (κ1) is 14.7. The van der Waals surface area contributed by atoms with E-state index in [2.05, 4.69) is 5.32 Å². The third kappa shape index (κ3) is 2.02. The Bertz CT molecular complexity index is 616. The van der Waals surface area contributed by atoms with E-state index in [1.807, 2.05) is 30.3 Å². The van der Waals surface area contributed by atoms with Crippen molar-refractivity contribution in [3.63, 3.8) is 0 Å². The lowest BCUT2D eigenvalue weighted by molar-refractivity contribution is -0.148. The van der Waals surface area contributed by atoms with Crippen molar-refractivity contribution >= 4 is 17.8 Å². The molecule has 1 aromatic rings. The van der Waals surface area contributed by atoms with E-state index in [4.69, 9.17) is 4.74 Å². The van der Waals surface area contributed by atoms with Gasteiger partial charge in [0, 0.05) is 12.6 Å². The number of ether oxygens (including phenoxy) is 1. The van der Waals surface area contributed by atoms with Crippen LogP contribution in [0.1, 0.15) is 18.5 Å². The fourth-order valence-electron chi connectivity index (χ4n) is 3.49. The Kier molecular flexibility index (Phi) is 3.70. The summed E-state index contributed by atoms with van der Waals surface area (Å²) in [6.45, 7) is 2.08. The largest absolute Gasteiger partial charge is 0.468 e. The highest BCUT2D eigenvalue weighted by Gasteiger charge is 2.60. The molecule has 0 bridgehead atoms. The van der Waals surface area contributed by atoms with Gasteiger partial charge in [-0.15, -0.1) is 0 Å². The molecule has 3 rings (SSSR count). The van der Waals surface area contributed by atoms with Gasteiger partial charge in [-0.2, -0.15) is 0 Å². The van der Waals surface area contributed by atoms with Gasteiger partial charge in [0.05, 0.1) is 18.9 Å². The number of benzene rings is 1. The standard InChI is InChI=1S/C16H18N2O4/c1-3-18-14(19)10-11(15(18)20)13(16(21)22-2)17-12(10)9-7-5-4-6-8-9/h4-8,10-13,17H,3H2,1-2H3/t10-,11+,12-,13-/m0/s1. The van der Waals surface area contributed by atoms with Crippen molar-refractivity contribution in [1.29, 1.82) is 0 Å². The molecule has 2 aliphatic rings. The van der Waals surface area contributed by atoms with Gasteiger partial charge in [0.25, 0.3) is 0 Å². The molecule has 0 aliphatic carbocycles. The predicted octanol–water partition coefficient (Wildman–Crippen LogP) is 0.494. The summed E-state index contributed by atoms with van der Waals surface area (Å²) in [6, 6.07) is 8.26. The van der Waals surface area contributed by atoms with Crippen LogP contribution in [-0.4, -0.2) is 42.4 Å². The van der Waals surface area contributed by atoms with Crippen molar-refractivity contribution in [1.82, 2.24) is 10.2 Å². The summed E-state index contributed by atoms with van der Waals surface area (Å²) < 4.78 is 4.80. The molecule has 1 aromatic carbocycles. The van der Waals surface area contributed by atoms with Crippen LogP contribution in [-0.2, 0) is 19.1 Å². The highest BCUT2D eigenvalue weighted by molar-refractivity contribution is 6.08. The zero-order chi connectivity index (χ0) is 15.9. The molecule has 0 saturated carbocycles. The molecular weight excluding hydrogens is 284 g/mol. The highest BCUT2D eigenvalue weighted by atomic mass is 16.5. The Morgan fingerprint density at radius 3 is 2.41 bits per heavy atom. The Hall–Kier alpha value is -2.21. The highest BCUT2D eigenvalue weighted by Crippen LogP contribution is 2.43. The third-order valence-electron chi connectivity index (χ3n) is 4.50. The van der Waals surface area contributed by atoms with E-state index in [0.717, 1.165) is 5.56 Å². The number of hydrogen-bond donors (Lipinski definition) is 1. The van der Waals surface area contributed by atoms with E-state index in [0.29, 0.717) is 6.54 Å². The molecular formula is C16H18N2O4. The van der Waals surface area contributed by atoms with E-state index in [1.54, 1.807) is 6.92 Å². The second-order valence-corrected chi connectivity index (χ2v) is 5.53. The quantitative estimate of drug-likeness (QED) is 0.650. The number of amides is 2. The molecule has 6 nitrogen and oxygen atoms in total. The van der Waals surface area contributed by atoms with Gasteiger partial charge in [-0.25, -0.2) is 0 Å². The second kappa shape index (κ2) is 5.53. The molecule has 0 unspecified atom stereocenters. The van der Waals surface area contributed by atoms with Crippen LogP contribution in [0, 0.1) is 11.8 Å². The van der Waals surface area contributed by atoms with Gasteiger partial charge in [-0.3, -0.25) is 24.6 Å². The van der Waals surface area contributed by atoms with E-state index in [1.165, 1.54) is 12.0 Å². The average Bonchev–Trinajstić information content (AvgIpc) is 3.05. The number of carbonyl (C=O) groups excluding carboxylic acids is 3. The van der Waals surface area contributed by atoms with Gasteiger partial charge in [0.2, 0.25) is 11.8 Å². The lowest BCUT2D eigenvalue weighted by Gasteiger charge is -2.20. The number of rotatable bonds is 3. The number of hydrogen-bond acceptors (Lipinski definition) is 5. The second-order valence-electron chi connectivity index (χ2n) is 5.53. The van der Waals surface area contributed by atoms with Crippen LogP contribution >= 0.6 is 0 Å². The maximum atomic E-state index is 12.6. The molecule has 22 heavy (non-hydrogen) atoms. The van der Waals surface area contributed by atoms with Gasteiger partial charge in [0.1, 0.15) is 6.04 Å². The minimum absolute atomic E-state index is 0.217. The number of imide groups is 1. The van der Waals surface area contributed by atoms with Crippen LogP contribution in [0.3, 0.4) is 0 Å². The molecule has 0 aromatic heterocycles. The summed E-state index contributed by atoms with van der Waals surface area (Å²) in [7, 11) is 1.29. The summed E-state index contributed by atoms with van der Waals surface area (Å²) in [5, 5.41) is 3.12. The van der Waals surface area contributed by atoms with Gasteiger partial charge < -0.3 is 4.74 Å². The molecule has 116 valence electrons. The monoisotopic (exact) mass is 302 g/mol. The number of fused-ring (bicyclic) bond motifs is 1. The molecule has 2 heterocycles. The van der Waals surface area contributed by atoms with Crippen molar-refractivity contribution in [2.45, 2.75) is 19.0 Å². The van der Waals surface area contributed by atoms with E-state index >= 15 is 0 Å². The minimum Gasteiger partial charge on any atom is -0.468 e. The maximum absolute atomic E-state index is 12.6. The van der Waals surface area contributed by atoms with Crippen LogP contribution < -0.4 is 5.32 Å². The van der Waals surface area contributed by atoms with Crippen LogP contribution in [0.25, 0.3) is 0 Å². The lowest BCUT2D eigenvalue weighted by Crippen LogP contribution is -2.43. The number of likely N-dealkylation sites (tertiary alicyclic amines) is 1. The first-order chi connectivity index (χ1) is 10.6. The number of methoxy groups -OCH3 is 1. The summed E-state index contributed by atoms with van der Waals surface area (Å²) in [5.41, 5.74) is 0.892. The van der Waals surface area contributed by atoms with Gasteiger partial charge in [-0.1, -0.05) is 30.3 Å². The van der Waals surface area contributed by atoms with Gasteiger partial charge in [0.15, 0.2) is 0 Å². The van der Waals surface area contributed by atoms with Crippen molar-refractivity contribution in [2.24, 2.45) is 11.8 Å². The van der Waals surface area contributed by atoms with Crippen LogP contribution in [0.2, 0.25) is 0 Å². The maximum Gasteiger partial charge on any atom is 0.323 e. The summed E-state index contributed by atoms with van der Waals surface area (Å²) in [6.07, 6.45) is 0.